The lowest BCUT2D eigenvalue weighted by molar-refractivity contribution is -0.117. The topological polar surface area (TPSA) is 58.4 Å². The third-order valence-electron chi connectivity index (χ3n) is 2.88. The second kappa shape index (κ2) is 7.19. The molecule has 0 spiro atoms. The predicted octanol–water partition coefficient (Wildman–Crippen LogP) is 1.98. The lowest BCUT2D eigenvalue weighted by Gasteiger charge is -2.14. The minimum absolute atomic E-state index is 0. The normalized spacial score (nSPS) is 19.0. The number of amides is 1. The number of carbonyl (C=O) groups is 1. The maximum atomic E-state index is 13.5. The lowest BCUT2D eigenvalue weighted by Crippen LogP contribution is -2.33. The van der Waals surface area contributed by atoms with E-state index in [1.807, 2.05) is 4.90 Å². The van der Waals surface area contributed by atoms with Crippen molar-refractivity contribution in [2.24, 2.45) is 5.73 Å². The fourth-order valence-electron chi connectivity index (χ4n) is 1.99. The van der Waals surface area contributed by atoms with Gasteiger partial charge in [0.2, 0.25) is 5.91 Å². The van der Waals surface area contributed by atoms with Gasteiger partial charge >= 0.3 is 0 Å². The smallest absolute Gasteiger partial charge is 0.238 e. The van der Waals surface area contributed by atoms with E-state index in [4.69, 9.17) is 5.73 Å². The molecule has 106 valence electrons. The van der Waals surface area contributed by atoms with E-state index in [0.29, 0.717) is 4.47 Å². The summed E-state index contributed by atoms with van der Waals surface area (Å²) in [6, 6.07) is 4.68. The number of rotatable bonds is 3. The molecule has 1 aliphatic rings. The molecule has 2 rings (SSSR count). The van der Waals surface area contributed by atoms with Crippen LogP contribution in [0.3, 0.4) is 0 Å². The summed E-state index contributed by atoms with van der Waals surface area (Å²) < 4.78 is 14.2. The van der Waals surface area contributed by atoms with Gasteiger partial charge in [0.1, 0.15) is 5.82 Å². The number of nitrogens with two attached hydrogens (primary N) is 1. The van der Waals surface area contributed by atoms with Crippen molar-refractivity contribution >= 4 is 39.9 Å². The van der Waals surface area contributed by atoms with Crippen molar-refractivity contribution in [1.82, 2.24) is 4.90 Å². The van der Waals surface area contributed by atoms with Gasteiger partial charge in [-0.1, -0.05) is 15.9 Å². The summed E-state index contributed by atoms with van der Waals surface area (Å²) in [7, 11) is 0. The molecule has 0 saturated carbocycles. The third-order valence-corrected chi connectivity index (χ3v) is 3.37. The average Bonchev–Trinajstić information content (AvgIpc) is 2.68. The monoisotopic (exact) mass is 351 g/mol. The predicted molar refractivity (Wildman–Crippen MR) is 79.0 cm³/mol. The summed E-state index contributed by atoms with van der Waals surface area (Å²) in [5.74, 6) is -0.666. The average molecular weight is 353 g/mol. The Labute approximate surface area is 126 Å². The van der Waals surface area contributed by atoms with E-state index in [2.05, 4.69) is 21.2 Å². The highest BCUT2D eigenvalue weighted by molar-refractivity contribution is 9.10. The van der Waals surface area contributed by atoms with Gasteiger partial charge in [-0.15, -0.1) is 12.4 Å². The first kappa shape index (κ1) is 16.4. The van der Waals surface area contributed by atoms with E-state index in [9.17, 15) is 9.18 Å². The molecule has 1 aliphatic heterocycles. The minimum atomic E-state index is -0.448. The van der Waals surface area contributed by atoms with Crippen LogP contribution in [0.15, 0.2) is 22.7 Å². The van der Waals surface area contributed by atoms with Gasteiger partial charge in [-0.3, -0.25) is 9.69 Å². The Morgan fingerprint density at radius 2 is 2.32 bits per heavy atom. The number of likely N-dealkylation sites (tertiary alicyclic amines) is 1. The molecule has 0 unspecified atom stereocenters. The second-order valence-electron chi connectivity index (χ2n) is 4.46. The third kappa shape index (κ3) is 4.72. The van der Waals surface area contributed by atoms with Gasteiger partial charge in [-0.05, 0) is 24.6 Å². The molecule has 1 fully saturated rings. The highest BCUT2D eigenvalue weighted by Crippen LogP contribution is 2.19. The van der Waals surface area contributed by atoms with Crippen molar-refractivity contribution in [2.75, 3.05) is 25.0 Å². The second-order valence-corrected chi connectivity index (χ2v) is 5.37. The molecule has 1 saturated heterocycles. The van der Waals surface area contributed by atoms with Crippen LogP contribution in [0, 0.1) is 5.82 Å². The first-order valence-corrected chi connectivity index (χ1v) is 6.57. The molecule has 19 heavy (non-hydrogen) atoms. The zero-order chi connectivity index (χ0) is 13.1. The molecule has 1 aromatic carbocycles. The van der Waals surface area contributed by atoms with Crippen molar-refractivity contribution in [3.05, 3.63) is 28.5 Å². The van der Waals surface area contributed by atoms with Gasteiger partial charge in [0.25, 0.3) is 0 Å². The van der Waals surface area contributed by atoms with Crippen LogP contribution < -0.4 is 11.1 Å². The van der Waals surface area contributed by atoms with Gasteiger partial charge in [-0.2, -0.15) is 0 Å². The Balaban J connectivity index is 0.00000180. The Kier molecular flexibility index (Phi) is 6.19. The van der Waals surface area contributed by atoms with Crippen LogP contribution in [-0.2, 0) is 4.79 Å². The van der Waals surface area contributed by atoms with Crippen LogP contribution in [0.2, 0.25) is 0 Å². The Hall–Kier alpha value is -0.690. The Morgan fingerprint density at radius 1 is 1.58 bits per heavy atom. The maximum absolute atomic E-state index is 13.5. The summed E-state index contributed by atoms with van der Waals surface area (Å²) in [5, 5.41) is 2.56. The number of hydrogen-bond donors (Lipinski definition) is 2. The molecule has 1 aromatic rings. The number of halogens is 3. The minimum Gasteiger partial charge on any atom is -0.326 e. The summed E-state index contributed by atoms with van der Waals surface area (Å²) in [6.45, 7) is 1.79. The number of hydrogen-bond acceptors (Lipinski definition) is 3. The van der Waals surface area contributed by atoms with Crippen LogP contribution in [0.4, 0.5) is 10.1 Å². The number of carbonyl (C=O) groups excluding carboxylic acids is 1. The van der Waals surface area contributed by atoms with Crippen molar-refractivity contribution < 1.29 is 9.18 Å². The van der Waals surface area contributed by atoms with Crippen LogP contribution in [0.5, 0.6) is 0 Å². The highest BCUT2D eigenvalue weighted by Gasteiger charge is 2.21. The van der Waals surface area contributed by atoms with Crippen molar-refractivity contribution in [3.8, 4) is 0 Å². The molecule has 0 aromatic heterocycles. The van der Waals surface area contributed by atoms with Crippen molar-refractivity contribution in [1.29, 1.82) is 0 Å². The largest absolute Gasteiger partial charge is 0.326 e. The number of anilines is 1. The molecular formula is C12H16BrClFN3O. The van der Waals surface area contributed by atoms with Crippen molar-refractivity contribution in [2.45, 2.75) is 12.5 Å². The van der Waals surface area contributed by atoms with Gasteiger partial charge in [-0.25, -0.2) is 4.39 Å². The number of nitrogens with one attached hydrogen (secondary N) is 1. The number of nitrogens with zero attached hydrogens (tertiary/aromatic N) is 1. The lowest BCUT2D eigenvalue weighted by atomic mass is 10.3. The zero-order valence-electron chi connectivity index (χ0n) is 10.2. The molecule has 4 nitrogen and oxygen atoms in total. The summed E-state index contributed by atoms with van der Waals surface area (Å²) in [4.78, 5) is 13.7. The summed E-state index contributed by atoms with van der Waals surface area (Å²) in [6.07, 6.45) is 0.903. The van der Waals surface area contributed by atoms with E-state index in [-0.39, 0.29) is 36.6 Å². The molecular weight excluding hydrogens is 337 g/mol. The molecule has 1 atom stereocenters. The molecule has 7 heteroatoms. The zero-order valence-corrected chi connectivity index (χ0v) is 12.6. The SMILES string of the molecule is Cl.N[C@H]1CCN(CC(=O)Nc2ccc(Br)cc2F)C1. The van der Waals surface area contributed by atoms with E-state index >= 15 is 0 Å². The summed E-state index contributed by atoms with van der Waals surface area (Å²) in [5.41, 5.74) is 5.96. The van der Waals surface area contributed by atoms with E-state index in [1.54, 1.807) is 6.07 Å². The van der Waals surface area contributed by atoms with Crippen molar-refractivity contribution in [3.63, 3.8) is 0 Å². The van der Waals surface area contributed by atoms with Crippen LogP contribution in [0.1, 0.15) is 6.42 Å². The van der Waals surface area contributed by atoms with Crippen LogP contribution in [0.25, 0.3) is 0 Å². The Bertz CT molecular complexity index is 461. The standard InChI is InChI=1S/C12H15BrFN3O.ClH/c13-8-1-2-11(10(14)5-8)16-12(18)7-17-4-3-9(15)6-17;/h1-2,5,9H,3-4,6-7,15H2,(H,16,18);1H/t9-;/m0./s1. The van der Waals surface area contributed by atoms with Gasteiger partial charge < -0.3 is 11.1 Å². The maximum Gasteiger partial charge on any atom is 0.238 e. The van der Waals surface area contributed by atoms with E-state index < -0.39 is 5.82 Å². The molecule has 1 heterocycles. The Morgan fingerprint density at radius 3 is 2.89 bits per heavy atom. The first-order chi connectivity index (χ1) is 8.54. The fourth-order valence-corrected chi connectivity index (χ4v) is 2.32. The summed E-state index contributed by atoms with van der Waals surface area (Å²) >= 11 is 3.17. The van der Waals surface area contributed by atoms with Gasteiger partial charge in [0, 0.05) is 23.6 Å². The highest BCUT2D eigenvalue weighted by atomic mass is 79.9. The quantitative estimate of drug-likeness (QED) is 0.874. The van der Waals surface area contributed by atoms with Crippen LogP contribution in [-0.4, -0.2) is 36.5 Å². The molecule has 3 N–H and O–H groups in total. The molecule has 1 amide bonds. The first-order valence-electron chi connectivity index (χ1n) is 5.77. The van der Waals surface area contributed by atoms with Gasteiger partial charge in [0.05, 0.1) is 12.2 Å². The molecule has 0 bridgehead atoms. The number of benzene rings is 1. The molecule has 0 radical (unpaired) electrons. The fraction of sp³-hybridized carbons (Fsp3) is 0.417. The van der Waals surface area contributed by atoms with E-state index in [0.717, 1.165) is 19.5 Å². The van der Waals surface area contributed by atoms with Crippen LogP contribution >= 0.6 is 28.3 Å². The molecule has 0 aliphatic carbocycles. The van der Waals surface area contributed by atoms with Gasteiger partial charge in [0.15, 0.2) is 0 Å². The van der Waals surface area contributed by atoms with E-state index in [1.165, 1.54) is 12.1 Å².